The molecule has 0 bridgehead atoms. The van der Waals surface area contributed by atoms with E-state index in [9.17, 15) is 19.2 Å². The van der Waals surface area contributed by atoms with Gasteiger partial charge < -0.3 is 24.3 Å². The van der Waals surface area contributed by atoms with Gasteiger partial charge in [0, 0.05) is 67.2 Å². The predicted octanol–water partition coefficient (Wildman–Crippen LogP) is 8.71. The summed E-state index contributed by atoms with van der Waals surface area (Å²) in [7, 11) is 0. The van der Waals surface area contributed by atoms with Crippen LogP contribution in [0.1, 0.15) is 123 Å². The molecule has 0 radical (unpaired) electrons. The van der Waals surface area contributed by atoms with Crippen LogP contribution in [0.2, 0.25) is 0 Å². The number of hydrazine groups is 1. The van der Waals surface area contributed by atoms with E-state index in [0.29, 0.717) is 69.1 Å². The van der Waals surface area contributed by atoms with Gasteiger partial charge in [-0.15, -0.1) is 0 Å². The molecule has 9 rings (SSSR count). The van der Waals surface area contributed by atoms with Gasteiger partial charge in [-0.25, -0.2) is 24.6 Å². The Morgan fingerprint density at radius 1 is 0.569 bits per heavy atom. The Morgan fingerprint density at radius 2 is 1.03 bits per heavy atom. The number of hydrogen-bond acceptors (Lipinski definition) is 11. The zero-order valence-electron chi connectivity index (χ0n) is 37.9. The largest absolute Gasteiger partial charge is 0.444 e. The van der Waals surface area contributed by atoms with Crippen LogP contribution in [0.25, 0.3) is 33.2 Å². The number of ketones is 2. The van der Waals surface area contributed by atoms with Crippen molar-refractivity contribution in [2.24, 2.45) is 5.84 Å². The number of nitrogens with one attached hydrogen (secondary N) is 2. The Morgan fingerprint density at radius 3 is 1.48 bits per heavy atom. The molecule has 3 aliphatic heterocycles. The highest BCUT2D eigenvalue weighted by Crippen LogP contribution is 2.36. The second-order valence-electron chi connectivity index (χ2n) is 19.4. The minimum Gasteiger partial charge on any atom is -0.444 e. The van der Waals surface area contributed by atoms with Crippen LogP contribution in [0, 0.1) is 0 Å². The molecule has 6 aromatic rings. The highest BCUT2D eigenvalue weighted by molar-refractivity contribution is 6.15. The summed E-state index contributed by atoms with van der Waals surface area (Å²) in [5.74, 6) is 6.78. The summed E-state index contributed by atoms with van der Waals surface area (Å²) >= 11 is 0. The Hall–Kier alpha value is -6.58. The molecule has 0 unspecified atom stereocenters. The summed E-state index contributed by atoms with van der Waals surface area (Å²) in [4.78, 5) is 77.5. The van der Waals surface area contributed by atoms with Crippen LogP contribution in [-0.4, -0.2) is 109 Å². The van der Waals surface area contributed by atoms with E-state index in [4.69, 9.17) is 25.3 Å². The molecular weight excluding hydrogens is 823 g/mol. The molecule has 3 aliphatic rings. The fraction of sp³-hybridized carbons (Fsp3) is 0.400. The van der Waals surface area contributed by atoms with Gasteiger partial charge in [-0.2, -0.15) is 0 Å². The number of likely N-dealkylation sites (tertiary alicyclic amines) is 2. The van der Waals surface area contributed by atoms with Crippen LogP contribution in [0.5, 0.6) is 0 Å². The van der Waals surface area contributed by atoms with Gasteiger partial charge in [0.2, 0.25) is 0 Å². The topological polar surface area (TPSA) is 183 Å². The summed E-state index contributed by atoms with van der Waals surface area (Å²) in [5.41, 5.74) is 5.64. The quantitative estimate of drug-likeness (QED) is 0.0982. The molecule has 15 nitrogen and oxygen atoms in total. The summed E-state index contributed by atoms with van der Waals surface area (Å²) in [6.45, 7) is 15.4. The lowest BCUT2D eigenvalue weighted by Crippen LogP contribution is -2.49. The van der Waals surface area contributed by atoms with Gasteiger partial charge in [-0.3, -0.25) is 25.2 Å². The fourth-order valence-corrected chi connectivity index (χ4v) is 9.07. The average molecular weight is 880 g/mol. The van der Waals surface area contributed by atoms with Crippen LogP contribution >= 0.6 is 0 Å². The van der Waals surface area contributed by atoms with Crippen molar-refractivity contribution in [3.63, 3.8) is 0 Å². The number of imidazole rings is 2. The Labute approximate surface area is 378 Å². The molecule has 4 aromatic carbocycles. The molecule has 3 fully saturated rings. The molecule has 65 heavy (non-hydrogen) atoms. The molecule has 2 atom stereocenters. The zero-order valence-corrected chi connectivity index (χ0v) is 37.9. The molecule has 15 heteroatoms. The van der Waals surface area contributed by atoms with E-state index >= 15 is 0 Å². The van der Waals surface area contributed by atoms with Crippen LogP contribution < -0.4 is 10.7 Å². The number of fused-ring (bicyclic) bond motifs is 2. The van der Waals surface area contributed by atoms with Gasteiger partial charge in [0.05, 0.1) is 34.2 Å². The number of carbonyl (C=O) groups is 4. The molecule has 2 amide bonds. The predicted molar refractivity (Wildman–Crippen MR) is 249 cm³/mol. The molecule has 3 saturated heterocycles. The number of amides is 2. The monoisotopic (exact) mass is 879 g/mol. The van der Waals surface area contributed by atoms with Gasteiger partial charge >= 0.3 is 12.2 Å². The van der Waals surface area contributed by atoms with Crippen molar-refractivity contribution in [3.05, 3.63) is 113 Å². The van der Waals surface area contributed by atoms with E-state index in [1.807, 2.05) is 70.8 Å². The number of nitrogens with zero attached hydrogens (tertiary/aromatic N) is 6. The van der Waals surface area contributed by atoms with E-state index in [0.717, 1.165) is 68.7 Å². The maximum Gasteiger partial charge on any atom is 0.410 e. The SMILES string of the molecule is CC(C)(C)OC(=O)N1CCC[C@H]1c1nc2ccc(C(=O)c3cc(C(=O)c4ccc5nc([C@@H]6CCCN6C(=O)OC(C)(C)C)[nH]c5c4)cc(-c4ccc(N5CCN(N)CC5)cc4)c3)cc2[nH]1. The molecule has 0 spiro atoms. The van der Waals surface area contributed by atoms with E-state index in [2.05, 4.69) is 27.0 Å². The van der Waals surface area contributed by atoms with Crippen molar-refractivity contribution < 1.29 is 28.7 Å². The Balaban J connectivity index is 1.03. The lowest BCUT2D eigenvalue weighted by Gasteiger charge is -2.33. The van der Waals surface area contributed by atoms with Crippen molar-refractivity contribution in [2.75, 3.05) is 44.2 Å². The second kappa shape index (κ2) is 17.1. The van der Waals surface area contributed by atoms with Gasteiger partial charge in [0.15, 0.2) is 11.6 Å². The number of piperazine rings is 1. The molecule has 2 aromatic heterocycles. The zero-order chi connectivity index (χ0) is 45.8. The maximum absolute atomic E-state index is 14.6. The third-order valence-electron chi connectivity index (χ3n) is 12.3. The maximum atomic E-state index is 14.6. The van der Waals surface area contributed by atoms with Crippen molar-refractivity contribution >= 4 is 51.5 Å². The smallest absolute Gasteiger partial charge is 0.410 e. The summed E-state index contributed by atoms with van der Waals surface area (Å²) in [6.07, 6.45) is 2.36. The Kier molecular flexibility index (Phi) is 11.5. The normalized spacial score (nSPS) is 18.5. The Bertz CT molecular complexity index is 2640. The first kappa shape index (κ1) is 43.7. The van der Waals surface area contributed by atoms with Crippen LogP contribution in [0.15, 0.2) is 78.9 Å². The number of aromatic amines is 2. The van der Waals surface area contributed by atoms with Crippen molar-refractivity contribution in [1.82, 2.24) is 34.7 Å². The fourth-order valence-electron chi connectivity index (χ4n) is 9.07. The summed E-state index contributed by atoms with van der Waals surface area (Å²) in [6, 6.07) is 23.6. The van der Waals surface area contributed by atoms with Crippen LogP contribution in [-0.2, 0) is 9.47 Å². The second-order valence-corrected chi connectivity index (χ2v) is 19.4. The minimum atomic E-state index is -0.625. The minimum absolute atomic E-state index is 0.258. The van der Waals surface area contributed by atoms with E-state index in [1.54, 1.807) is 52.3 Å². The number of rotatable bonds is 8. The molecule has 0 aliphatic carbocycles. The standard InChI is InChI=1S/C50H57N9O6/c1-49(2,3)64-47(62)58-19-7-9-41(58)45-52-37-17-13-31(28-39(37)54-45)43(60)34-25-33(30-11-15-36(16-12-30)56-21-23-57(51)24-22-56)26-35(27-34)44(61)32-14-18-38-40(29-32)55-46(53-38)42-10-8-20-59(42)48(63)65-50(4,5)6/h11-18,25-29,41-42H,7-10,19-24,51H2,1-6H3,(H,52,54)(H,53,55)/t41-,42-/m0/s1. The number of carbonyl (C=O) groups excluding carboxylic acids is 4. The lowest BCUT2D eigenvalue weighted by molar-refractivity contribution is 0.0208. The summed E-state index contributed by atoms with van der Waals surface area (Å²) in [5, 5.41) is 1.82. The first-order valence-electron chi connectivity index (χ1n) is 22.5. The molecule has 0 saturated carbocycles. The number of hydrogen-bond donors (Lipinski definition) is 3. The number of nitrogens with two attached hydrogens (primary N) is 1. The molecule has 338 valence electrons. The first-order chi connectivity index (χ1) is 31.0. The highest BCUT2D eigenvalue weighted by Gasteiger charge is 2.36. The van der Waals surface area contributed by atoms with Gasteiger partial charge in [0.1, 0.15) is 22.9 Å². The molecular formula is C50H57N9O6. The van der Waals surface area contributed by atoms with E-state index in [-0.39, 0.29) is 35.8 Å². The van der Waals surface area contributed by atoms with Gasteiger partial charge in [0.25, 0.3) is 0 Å². The molecule has 5 heterocycles. The number of ether oxygens (including phenoxy) is 2. The van der Waals surface area contributed by atoms with Crippen LogP contribution in [0.3, 0.4) is 0 Å². The molecule has 4 N–H and O–H groups in total. The van der Waals surface area contributed by atoms with Crippen molar-refractivity contribution in [2.45, 2.75) is 90.5 Å². The highest BCUT2D eigenvalue weighted by atomic mass is 16.6. The number of aromatic nitrogens is 4. The number of anilines is 1. The van der Waals surface area contributed by atoms with Crippen molar-refractivity contribution in [3.8, 4) is 11.1 Å². The van der Waals surface area contributed by atoms with Gasteiger partial charge in [-0.05, 0) is 145 Å². The lowest BCUT2D eigenvalue weighted by atomic mass is 9.92. The van der Waals surface area contributed by atoms with E-state index in [1.165, 1.54) is 0 Å². The van der Waals surface area contributed by atoms with Gasteiger partial charge in [-0.1, -0.05) is 12.1 Å². The van der Waals surface area contributed by atoms with Crippen molar-refractivity contribution in [1.29, 1.82) is 0 Å². The number of benzene rings is 4. The average Bonchev–Trinajstić information content (AvgIpc) is 4.10. The number of H-pyrrole nitrogens is 2. The summed E-state index contributed by atoms with van der Waals surface area (Å²) < 4.78 is 11.4. The first-order valence-corrected chi connectivity index (χ1v) is 22.5. The third-order valence-corrected chi connectivity index (χ3v) is 12.3. The van der Waals surface area contributed by atoms with Crippen LogP contribution in [0.4, 0.5) is 15.3 Å². The van der Waals surface area contributed by atoms with E-state index < -0.39 is 11.2 Å². The third kappa shape index (κ3) is 9.34.